The van der Waals surface area contributed by atoms with Gasteiger partial charge in [0, 0.05) is 59.6 Å². The highest BCUT2D eigenvalue weighted by molar-refractivity contribution is 6.10. The van der Waals surface area contributed by atoms with Crippen LogP contribution in [0.15, 0.2) is 63.2 Å². The summed E-state index contributed by atoms with van der Waals surface area (Å²) in [7, 11) is 7.82. The van der Waals surface area contributed by atoms with Crippen LogP contribution >= 0.6 is 0 Å². The van der Waals surface area contributed by atoms with E-state index >= 15 is 0 Å². The van der Waals surface area contributed by atoms with Crippen LogP contribution < -0.4 is 25.7 Å². The highest BCUT2D eigenvalue weighted by atomic mass is 16.4. The van der Waals surface area contributed by atoms with Crippen molar-refractivity contribution in [2.24, 2.45) is 16.0 Å². The van der Waals surface area contributed by atoms with Crippen LogP contribution in [0, 0.1) is 0 Å². The predicted molar refractivity (Wildman–Crippen MR) is 125 cm³/mol. The van der Waals surface area contributed by atoms with Crippen molar-refractivity contribution in [1.82, 2.24) is 4.58 Å². The van der Waals surface area contributed by atoms with Crippen molar-refractivity contribution < 1.29 is 14.3 Å². The van der Waals surface area contributed by atoms with Gasteiger partial charge in [-0.15, -0.1) is 0 Å². The number of carboxylic acid groups (broad SMARTS) is 1. The Labute approximate surface area is 190 Å². The van der Waals surface area contributed by atoms with Crippen molar-refractivity contribution in [2.45, 2.75) is 6.17 Å². The third kappa shape index (κ3) is 3.27. The van der Waals surface area contributed by atoms with Gasteiger partial charge < -0.3 is 25.0 Å². The van der Waals surface area contributed by atoms with Gasteiger partial charge >= 0.3 is 0 Å². The second kappa shape index (κ2) is 7.53. The average Bonchev–Trinajstić information content (AvgIpc) is 3.16. The first-order valence-electron chi connectivity index (χ1n) is 10.5. The number of anilines is 1. The molecule has 1 unspecified atom stereocenters. The Kier molecular flexibility index (Phi) is 4.75. The molecule has 2 aromatic carbocycles. The van der Waals surface area contributed by atoms with Gasteiger partial charge in [0.05, 0.1) is 12.0 Å². The third-order valence-corrected chi connectivity index (χ3v) is 6.01. The number of hydrogen-bond acceptors (Lipinski definition) is 7. The van der Waals surface area contributed by atoms with Crippen molar-refractivity contribution in [2.75, 3.05) is 33.1 Å². The summed E-state index contributed by atoms with van der Waals surface area (Å²) in [4.78, 5) is 14.3. The molecule has 0 radical (unpaired) electrons. The zero-order valence-corrected chi connectivity index (χ0v) is 18.8. The van der Waals surface area contributed by atoms with E-state index in [-0.39, 0.29) is 11.3 Å². The fourth-order valence-electron chi connectivity index (χ4n) is 4.26. The van der Waals surface area contributed by atoms with Crippen LogP contribution in [0.1, 0.15) is 22.1 Å². The van der Waals surface area contributed by atoms with E-state index in [2.05, 4.69) is 10.2 Å². The van der Waals surface area contributed by atoms with Crippen LogP contribution in [0.25, 0.3) is 33.4 Å². The summed E-state index contributed by atoms with van der Waals surface area (Å²) in [6.45, 7) is 0. The SMILES string of the molecule is CN(C)c1ccc2c(-c3ccc4c(c3C(=O)[O-])N=NC4N)c3ccc(=[N+](C)C)cc-3oc2c1. The van der Waals surface area contributed by atoms with E-state index < -0.39 is 12.1 Å². The van der Waals surface area contributed by atoms with E-state index in [1.807, 2.05) is 74.1 Å². The number of benzene rings is 3. The molecule has 2 heterocycles. The number of fused-ring (bicyclic) bond motifs is 3. The lowest BCUT2D eigenvalue weighted by atomic mass is 9.88. The van der Waals surface area contributed by atoms with Crippen LogP contribution in [0.5, 0.6) is 0 Å². The standard InChI is InChI=1S/C25H23N5O3/c1-29(2)13-5-7-15-19(11-13)33-20-12-14(30(3)4)6-8-16(20)21(15)17-9-10-18-23(22(17)25(31)32)27-28-24(18)26/h5-12,24H,26H2,1-4H3. The lowest BCUT2D eigenvalue weighted by Gasteiger charge is -2.20. The maximum absolute atomic E-state index is 12.3. The minimum Gasteiger partial charge on any atom is -0.545 e. The number of carboxylic acids is 1. The minimum absolute atomic E-state index is 0.0219. The van der Waals surface area contributed by atoms with Gasteiger partial charge in [-0.1, -0.05) is 12.1 Å². The van der Waals surface area contributed by atoms with Gasteiger partial charge in [-0.05, 0) is 23.8 Å². The minimum atomic E-state index is -1.33. The van der Waals surface area contributed by atoms with Gasteiger partial charge in [0.15, 0.2) is 0 Å². The number of rotatable bonds is 3. The lowest BCUT2D eigenvalue weighted by Crippen LogP contribution is -2.24. The zero-order valence-electron chi connectivity index (χ0n) is 18.8. The second-order valence-electron chi connectivity index (χ2n) is 8.50. The Morgan fingerprint density at radius 3 is 2.55 bits per heavy atom. The summed E-state index contributed by atoms with van der Waals surface area (Å²) in [5.41, 5.74) is 10.4. The molecule has 8 nitrogen and oxygen atoms in total. The summed E-state index contributed by atoms with van der Waals surface area (Å²) < 4.78 is 8.31. The van der Waals surface area contributed by atoms with Crippen molar-refractivity contribution in [3.63, 3.8) is 0 Å². The van der Waals surface area contributed by atoms with E-state index in [1.54, 1.807) is 12.1 Å². The molecular weight excluding hydrogens is 418 g/mol. The van der Waals surface area contributed by atoms with E-state index in [0.29, 0.717) is 22.5 Å². The van der Waals surface area contributed by atoms with Crippen LogP contribution in [0.3, 0.4) is 0 Å². The number of azo groups is 1. The second-order valence-corrected chi connectivity index (χ2v) is 8.50. The Balaban J connectivity index is 1.95. The predicted octanol–water partition coefficient (Wildman–Crippen LogP) is 2.72. The first-order valence-corrected chi connectivity index (χ1v) is 10.5. The first kappa shape index (κ1) is 20.8. The summed E-state index contributed by atoms with van der Waals surface area (Å²) in [6.07, 6.45) is -0.684. The van der Waals surface area contributed by atoms with Crippen LogP contribution in [-0.2, 0) is 0 Å². The number of carbonyl (C=O) groups excluding carboxylic acids is 1. The summed E-state index contributed by atoms with van der Waals surface area (Å²) in [6, 6.07) is 15.3. The maximum Gasteiger partial charge on any atom is 0.203 e. The quantitative estimate of drug-likeness (QED) is 0.388. The molecule has 1 aliphatic carbocycles. The topological polar surface area (TPSA) is 110 Å². The molecule has 0 saturated heterocycles. The average molecular weight is 441 g/mol. The maximum atomic E-state index is 12.3. The van der Waals surface area contributed by atoms with Crippen LogP contribution in [0.4, 0.5) is 11.4 Å². The molecule has 166 valence electrons. The van der Waals surface area contributed by atoms with E-state index in [4.69, 9.17) is 10.2 Å². The Hall–Kier alpha value is -4.04. The summed E-state index contributed by atoms with van der Waals surface area (Å²) in [5.74, 6) is -0.686. The van der Waals surface area contributed by atoms with Gasteiger partial charge in [-0.2, -0.15) is 10.2 Å². The molecule has 0 spiro atoms. The molecular formula is C25H23N5O3. The summed E-state index contributed by atoms with van der Waals surface area (Å²) in [5, 5.41) is 22.1. The van der Waals surface area contributed by atoms with Crippen LogP contribution in [0.2, 0.25) is 0 Å². The van der Waals surface area contributed by atoms with E-state index in [0.717, 1.165) is 27.6 Å². The van der Waals surface area contributed by atoms with Crippen LogP contribution in [-0.4, -0.2) is 34.2 Å². The van der Waals surface area contributed by atoms with Gasteiger partial charge in [0.2, 0.25) is 5.36 Å². The number of nitrogens with zero attached hydrogens (tertiary/aromatic N) is 4. The first-order chi connectivity index (χ1) is 15.8. The smallest absolute Gasteiger partial charge is 0.203 e. The largest absolute Gasteiger partial charge is 0.545 e. The molecule has 33 heavy (non-hydrogen) atoms. The molecule has 2 aliphatic heterocycles. The number of aromatic carboxylic acids is 1. The Morgan fingerprint density at radius 1 is 1.09 bits per heavy atom. The molecule has 1 atom stereocenters. The van der Waals surface area contributed by atoms with Crippen molar-refractivity contribution in [1.29, 1.82) is 0 Å². The molecule has 8 heteroatoms. The molecule has 3 aliphatic rings. The van der Waals surface area contributed by atoms with Gasteiger partial charge in [-0.25, -0.2) is 4.58 Å². The highest BCUT2D eigenvalue weighted by Gasteiger charge is 2.27. The number of carbonyl (C=O) groups is 1. The molecule has 0 amide bonds. The molecule has 0 aromatic heterocycles. The fourth-order valence-corrected chi connectivity index (χ4v) is 4.26. The van der Waals surface area contributed by atoms with Crippen molar-refractivity contribution in [3.8, 4) is 22.5 Å². The van der Waals surface area contributed by atoms with E-state index in [1.165, 1.54) is 0 Å². The molecule has 0 bridgehead atoms. The Bertz CT molecular complexity index is 1510. The van der Waals surface area contributed by atoms with Gasteiger partial charge in [-0.3, -0.25) is 0 Å². The Morgan fingerprint density at radius 2 is 1.85 bits per heavy atom. The normalized spacial score (nSPS) is 14.6. The van der Waals surface area contributed by atoms with Gasteiger partial charge in [0.25, 0.3) is 0 Å². The molecule has 5 rings (SSSR count). The molecule has 0 saturated carbocycles. The molecule has 2 aromatic rings. The summed E-state index contributed by atoms with van der Waals surface area (Å²) >= 11 is 0. The number of nitrogens with two attached hydrogens (primary N) is 1. The third-order valence-electron chi connectivity index (χ3n) is 6.01. The highest BCUT2D eigenvalue weighted by Crippen LogP contribution is 2.46. The number of hydrogen-bond donors (Lipinski definition) is 1. The van der Waals surface area contributed by atoms with Crippen molar-refractivity contribution in [3.05, 3.63) is 65.0 Å². The van der Waals surface area contributed by atoms with Gasteiger partial charge in [0.1, 0.15) is 37.3 Å². The zero-order chi connectivity index (χ0) is 23.4. The molecule has 0 fully saturated rings. The molecule has 2 N–H and O–H groups in total. The monoisotopic (exact) mass is 441 g/mol. The van der Waals surface area contributed by atoms with E-state index in [9.17, 15) is 9.90 Å². The van der Waals surface area contributed by atoms with Crippen molar-refractivity contribution >= 4 is 28.3 Å². The lowest BCUT2D eigenvalue weighted by molar-refractivity contribution is -0.254. The fraction of sp³-hybridized carbons (Fsp3) is 0.200.